The van der Waals surface area contributed by atoms with Crippen molar-refractivity contribution in [2.75, 3.05) is 38.5 Å². The number of hydrogen-bond acceptors (Lipinski definition) is 20. The van der Waals surface area contributed by atoms with Crippen LogP contribution in [0.25, 0.3) is 0 Å². The molecule has 1 saturated heterocycles. The number of para-hydroxylation sites is 1. The Morgan fingerprint density at radius 1 is 0.573 bits per heavy atom. The van der Waals surface area contributed by atoms with Crippen LogP contribution in [0.5, 0.6) is 11.5 Å². The van der Waals surface area contributed by atoms with Crippen molar-refractivity contribution in [3.05, 3.63) is 96.1 Å². The molecular weight excluding hydrogens is 1190 g/mol. The molecule has 490 valence electrons. The van der Waals surface area contributed by atoms with Crippen LogP contribution in [0.15, 0.2) is 84.9 Å². The van der Waals surface area contributed by atoms with E-state index < -0.39 is 145 Å². The number of nitrogens with two attached hydrogens (primary N) is 5. The van der Waals surface area contributed by atoms with Crippen molar-refractivity contribution in [1.82, 2.24) is 53.2 Å². The molecule has 1 fully saturated rings. The molecule has 10 amide bonds. The Balaban J connectivity index is 1.61. The monoisotopic (exact) mass is 1280 g/mol. The highest BCUT2D eigenvalue weighted by molar-refractivity contribution is 8.76. The van der Waals surface area contributed by atoms with Gasteiger partial charge in [-0.3, -0.25) is 47.9 Å². The molecular formula is C59H89N15O13S2. The Labute approximate surface area is 526 Å². The quantitative estimate of drug-likeness (QED) is 0.0267. The number of benzene rings is 3. The van der Waals surface area contributed by atoms with Crippen molar-refractivity contribution in [3.63, 3.8) is 0 Å². The molecule has 0 aliphatic carbocycles. The standard InChI is InChI=1S/C59H89N15O13S2/c1-33(2)29-46-56(83)68-41(19-24-60)51(78)67-44(22-27-63)55(82)74-48(34(3)75)58(85)65-28-23-45(54(81)66-42(20-25-61)53(80)72-47(57(84)71-46)30-36-11-7-5-8-12-36)69-52(79)43(21-26-62)70-59(86)49(35(4)76)73-50(77)40(64)32-89-88-31-37-15-17-39(18-16-37)87-38-13-9-6-10-14-38/h5-18,33-35,40-49,75-76H,19-32,60-64H2,1-4H3,(H,65,85)(H,66,81)(H,67,78)(H,68,83)(H,69,79)(H,70,86)(H,71,84)(H,72,80)(H,73,77)(H,74,82)/t34-,35-,40-,41+,42+,43+,44+,45+,46+,47-,48+,49+/m1/s1. The summed E-state index contributed by atoms with van der Waals surface area (Å²) >= 11 is 0. The molecule has 3 aromatic carbocycles. The third-order valence-corrected chi connectivity index (χ3v) is 16.3. The minimum Gasteiger partial charge on any atom is -0.457 e. The van der Waals surface area contributed by atoms with E-state index >= 15 is 0 Å². The zero-order valence-corrected chi connectivity index (χ0v) is 52.2. The SMILES string of the molecule is CC(C)C[C@@H]1NC(=O)[C@@H](Cc2ccccc2)NC(=O)[C@H](CCN)NC(=O)[C@@H](NC(=O)[C@H](CCN)NC(=O)[C@@H](NC(=O)[C@H](N)CSSCc2ccc(Oc3ccccc3)cc2)[C@@H](C)O)CCNC(=O)[C@H]([C@@H](C)O)NC(=O)[C@H](CCN)NC(=O)[C@H](CCN)NC1=O. The summed E-state index contributed by atoms with van der Waals surface area (Å²) in [5, 5.41) is 47.1. The molecule has 22 N–H and O–H groups in total. The van der Waals surface area contributed by atoms with Gasteiger partial charge < -0.3 is 96.8 Å². The van der Waals surface area contributed by atoms with Gasteiger partial charge in [0.1, 0.15) is 65.9 Å². The van der Waals surface area contributed by atoms with Crippen LogP contribution < -0.4 is 86.6 Å². The van der Waals surface area contributed by atoms with E-state index in [1.165, 1.54) is 35.4 Å². The third kappa shape index (κ3) is 25.5. The molecule has 0 radical (unpaired) electrons. The van der Waals surface area contributed by atoms with Gasteiger partial charge in [-0.15, -0.1) is 0 Å². The summed E-state index contributed by atoms with van der Waals surface area (Å²) in [7, 11) is 2.74. The van der Waals surface area contributed by atoms with Crippen LogP contribution in [-0.2, 0) is 60.1 Å². The topological polar surface area (TPSA) is 471 Å². The third-order valence-electron chi connectivity index (χ3n) is 13.9. The van der Waals surface area contributed by atoms with Crippen LogP contribution in [0.4, 0.5) is 0 Å². The van der Waals surface area contributed by atoms with Crippen LogP contribution in [-0.4, -0.2) is 180 Å². The van der Waals surface area contributed by atoms with Crippen LogP contribution in [0, 0.1) is 5.92 Å². The highest BCUT2D eigenvalue weighted by atomic mass is 33.1. The Bertz CT molecular complexity index is 2780. The molecule has 0 aromatic heterocycles. The fourth-order valence-electron chi connectivity index (χ4n) is 9.03. The van der Waals surface area contributed by atoms with Crippen LogP contribution >= 0.6 is 21.6 Å². The number of hydrogen-bond donors (Lipinski definition) is 17. The van der Waals surface area contributed by atoms with E-state index in [0.29, 0.717) is 22.8 Å². The number of amides is 10. The minimum absolute atomic E-state index is 0.0486. The molecule has 0 unspecified atom stereocenters. The molecule has 1 aliphatic heterocycles. The molecule has 1 aliphatic rings. The van der Waals surface area contributed by atoms with Gasteiger partial charge in [-0.05, 0) is 120 Å². The van der Waals surface area contributed by atoms with E-state index in [4.69, 9.17) is 33.4 Å². The van der Waals surface area contributed by atoms with Gasteiger partial charge in [-0.2, -0.15) is 0 Å². The maximum absolute atomic E-state index is 14.5. The smallest absolute Gasteiger partial charge is 0.245 e. The molecule has 0 saturated carbocycles. The highest BCUT2D eigenvalue weighted by Crippen LogP contribution is 2.28. The first-order valence-electron chi connectivity index (χ1n) is 29.5. The fraction of sp³-hybridized carbons (Fsp3) is 0.525. The number of ether oxygens (including phenoxy) is 1. The second-order valence-electron chi connectivity index (χ2n) is 21.8. The van der Waals surface area contributed by atoms with E-state index in [0.717, 1.165) is 5.56 Å². The van der Waals surface area contributed by atoms with Crippen molar-refractivity contribution in [3.8, 4) is 11.5 Å². The van der Waals surface area contributed by atoms with Gasteiger partial charge in [0.15, 0.2) is 0 Å². The predicted molar refractivity (Wildman–Crippen MR) is 337 cm³/mol. The lowest BCUT2D eigenvalue weighted by molar-refractivity contribution is -0.136. The summed E-state index contributed by atoms with van der Waals surface area (Å²) in [6, 6.07) is 10.8. The van der Waals surface area contributed by atoms with E-state index in [1.54, 1.807) is 44.2 Å². The lowest BCUT2D eigenvalue weighted by Gasteiger charge is -2.28. The maximum atomic E-state index is 14.5. The van der Waals surface area contributed by atoms with Crippen molar-refractivity contribution in [2.45, 2.75) is 151 Å². The normalized spacial score (nSPS) is 22.0. The van der Waals surface area contributed by atoms with Gasteiger partial charge in [-0.25, -0.2) is 0 Å². The first-order valence-corrected chi connectivity index (χ1v) is 32.0. The van der Waals surface area contributed by atoms with E-state index in [2.05, 4.69) is 53.2 Å². The lowest BCUT2D eigenvalue weighted by Crippen LogP contribution is -2.62. The van der Waals surface area contributed by atoms with E-state index in [-0.39, 0.29) is 76.4 Å². The van der Waals surface area contributed by atoms with Crippen molar-refractivity contribution in [1.29, 1.82) is 0 Å². The van der Waals surface area contributed by atoms with Crippen molar-refractivity contribution >= 4 is 80.7 Å². The first-order chi connectivity index (χ1) is 42.5. The average Bonchev–Trinajstić information content (AvgIpc) is 3.59. The molecule has 4 rings (SSSR count). The van der Waals surface area contributed by atoms with Gasteiger partial charge >= 0.3 is 0 Å². The highest BCUT2D eigenvalue weighted by Gasteiger charge is 2.37. The zero-order chi connectivity index (χ0) is 65.6. The van der Waals surface area contributed by atoms with Gasteiger partial charge in [0.05, 0.1) is 18.2 Å². The number of carbonyl (C=O) groups excluding carboxylic acids is 10. The Morgan fingerprint density at radius 3 is 1.62 bits per heavy atom. The second-order valence-corrected chi connectivity index (χ2v) is 24.3. The number of nitrogens with one attached hydrogen (secondary N) is 10. The molecule has 89 heavy (non-hydrogen) atoms. The summed E-state index contributed by atoms with van der Waals surface area (Å²) in [5.74, 6) is -7.34. The molecule has 12 atom stereocenters. The fourth-order valence-corrected chi connectivity index (χ4v) is 11.2. The van der Waals surface area contributed by atoms with E-state index in [9.17, 15) is 58.2 Å². The lowest BCUT2D eigenvalue weighted by atomic mass is 10.00. The summed E-state index contributed by atoms with van der Waals surface area (Å²) in [5.41, 5.74) is 31.4. The summed E-state index contributed by atoms with van der Waals surface area (Å²) < 4.78 is 5.85. The van der Waals surface area contributed by atoms with Gasteiger partial charge in [0, 0.05) is 24.5 Å². The predicted octanol–water partition coefficient (Wildman–Crippen LogP) is -2.98. The second kappa shape index (κ2) is 38.9. The molecule has 30 heteroatoms. The maximum Gasteiger partial charge on any atom is 0.245 e. The van der Waals surface area contributed by atoms with E-state index in [1.807, 2.05) is 54.6 Å². The summed E-state index contributed by atoms with van der Waals surface area (Å²) in [4.78, 5) is 141. The van der Waals surface area contributed by atoms with Crippen LogP contribution in [0.2, 0.25) is 0 Å². The molecule has 0 spiro atoms. The molecule has 28 nitrogen and oxygen atoms in total. The summed E-state index contributed by atoms with van der Waals surface area (Å²) in [6.45, 7) is 4.91. The first kappa shape index (κ1) is 74.0. The molecule has 3 aromatic rings. The Morgan fingerprint density at radius 2 is 1.08 bits per heavy atom. The van der Waals surface area contributed by atoms with Crippen molar-refractivity contribution in [2.24, 2.45) is 34.6 Å². The number of carbonyl (C=O) groups is 10. The minimum atomic E-state index is -1.68. The zero-order valence-electron chi connectivity index (χ0n) is 50.6. The van der Waals surface area contributed by atoms with Crippen LogP contribution in [0.3, 0.4) is 0 Å². The largest absolute Gasteiger partial charge is 0.457 e. The molecule has 1 heterocycles. The average molecular weight is 1280 g/mol. The van der Waals surface area contributed by atoms with Gasteiger partial charge in [0.25, 0.3) is 0 Å². The van der Waals surface area contributed by atoms with Gasteiger partial charge in [-0.1, -0.05) is 96.1 Å². The Hall–Kier alpha value is -7.42. The van der Waals surface area contributed by atoms with Crippen molar-refractivity contribution < 1.29 is 62.9 Å². The Kier molecular flexibility index (Phi) is 32.3. The van der Waals surface area contributed by atoms with Gasteiger partial charge in [0.2, 0.25) is 59.1 Å². The summed E-state index contributed by atoms with van der Waals surface area (Å²) in [6.07, 6.45) is -4.37. The number of aliphatic hydroxyl groups excluding tert-OH is 2. The van der Waals surface area contributed by atoms with Crippen LogP contribution in [0.1, 0.15) is 77.3 Å². The number of rotatable bonds is 27. The number of aliphatic hydroxyl groups is 2. The molecule has 0 bridgehead atoms.